The van der Waals surface area contributed by atoms with Gasteiger partial charge in [-0.05, 0) is 57.3 Å². The Morgan fingerprint density at radius 2 is 1.81 bits per heavy atom. The molecule has 1 saturated heterocycles. The molecule has 4 nitrogen and oxygen atoms in total. The van der Waals surface area contributed by atoms with Crippen LogP contribution in [0, 0.1) is 11.8 Å². The zero-order valence-electron chi connectivity index (χ0n) is 13.4. The van der Waals surface area contributed by atoms with Gasteiger partial charge in [-0.3, -0.25) is 9.59 Å². The van der Waals surface area contributed by atoms with Crippen LogP contribution in [0.15, 0.2) is 0 Å². The van der Waals surface area contributed by atoms with Crippen molar-refractivity contribution < 1.29 is 9.59 Å². The molecule has 0 aromatic carbocycles. The summed E-state index contributed by atoms with van der Waals surface area (Å²) in [6.45, 7) is 4.81. The highest BCUT2D eigenvalue weighted by molar-refractivity contribution is 5.94. The van der Waals surface area contributed by atoms with Crippen LogP contribution in [-0.4, -0.2) is 34.8 Å². The zero-order chi connectivity index (χ0) is 15.0. The topological polar surface area (TPSA) is 49.4 Å². The summed E-state index contributed by atoms with van der Waals surface area (Å²) in [4.78, 5) is 27.1. The van der Waals surface area contributed by atoms with E-state index in [-0.39, 0.29) is 11.8 Å². The molecule has 2 amide bonds. The van der Waals surface area contributed by atoms with Gasteiger partial charge in [0.25, 0.3) is 0 Å². The van der Waals surface area contributed by atoms with Crippen molar-refractivity contribution in [3.63, 3.8) is 0 Å². The Bertz CT molecular complexity index is 425. The predicted molar refractivity (Wildman–Crippen MR) is 81.6 cm³/mol. The lowest BCUT2D eigenvalue weighted by molar-refractivity contribution is -0.141. The second-order valence-corrected chi connectivity index (χ2v) is 7.36. The normalized spacial score (nSPS) is 38.1. The second kappa shape index (κ2) is 5.62. The molecule has 3 rings (SSSR count). The van der Waals surface area contributed by atoms with E-state index in [0.29, 0.717) is 24.9 Å². The maximum atomic E-state index is 13.1. The molecule has 4 heteroatoms. The minimum absolute atomic E-state index is 0.0440. The van der Waals surface area contributed by atoms with Crippen molar-refractivity contribution in [3.8, 4) is 0 Å². The first-order valence-corrected chi connectivity index (χ1v) is 8.66. The summed E-state index contributed by atoms with van der Waals surface area (Å²) in [6.07, 6.45) is 8.53. The van der Waals surface area contributed by atoms with E-state index >= 15 is 0 Å². The van der Waals surface area contributed by atoms with Crippen LogP contribution in [0.5, 0.6) is 0 Å². The Labute approximate surface area is 127 Å². The summed E-state index contributed by atoms with van der Waals surface area (Å²) >= 11 is 0. The van der Waals surface area contributed by atoms with Gasteiger partial charge in [-0.1, -0.05) is 13.3 Å². The smallest absolute Gasteiger partial charge is 0.248 e. The Hall–Kier alpha value is -1.06. The number of nitrogens with zero attached hydrogens (tertiary/aromatic N) is 1. The number of nitrogens with one attached hydrogen (secondary N) is 1. The fourth-order valence-electron chi connectivity index (χ4n) is 4.18. The van der Waals surface area contributed by atoms with E-state index in [9.17, 15) is 9.59 Å². The monoisotopic (exact) mass is 292 g/mol. The maximum Gasteiger partial charge on any atom is 0.248 e. The molecule has 0 bridgehead atoms. The number of hydrogen-bond acceptors (Lipinski definition) is 2. The molecule has 0 spiro atoms. The summed E-state index contributed by atoms with van der Waals surface area (Å²) < 4.78 is 0. The van der Waals surface area contributed by atoms with Gasteiger partial charge in [0.05, 0.1) is 0 Å². The van der Waals surface area contributed by atoms with Crippen LogP contribution < -0.4 is 5.32 Å². The summed E-state index contributed by atoms with van der Waals surface area (Å²) in [7, 11) is 0. The van der Waals surface area contributed by atoms with Crippen molar-refractivity contribution in [3.05, 3.63) is 0 Å². The van der Waals surface area contributed by atoms with E-state index in [0.717, 1.165) is 31.6 Å². The molecule has 118 valence electrons. The van der Waals surface area contributed by atoms with Crippen LogP contribution in [0.3, 0.4) is 0 Å². The van der Waals surface area contributed by atoms with E-state index < -0.39 is 5.54 Å². The highest BCUT2D eigenvalue weighted by Gasteiger charge is 2.52. The number of amides is 2. The highest BCUT2D eigenvalue weighted by atomic mass is 16.2. The minimum Gasteiger partial charge on any atom is -0.342 e. The first-order chi connectivity index (χ1) is 10.0. The molecule has 1 N–H and O–H groups in total. The Balaban J connectivity index is 1.75. The van der Waals surface area contributed by atoms with Crippen LogP contribution in [-0.2, 0) is 9.59 Å². The Kier molecular flexibility index (Phi) is 3.98. The van der Waals surface area contributed by atoms with Crippen molar-refractivity contribution >= 4 is 11.8 Å². The van der Waals surface area contributed by atoms with Gasteiger partial charge in [-0.2, -0.15) is 0 Å². The van der Waals surface area contributed by atoms with Crippen molar-refractivity contribution in [1.29, 1.82) is 0 Å². The summed E-state index contributed by atoms with van der Waals surface area (Å²) in [5.41, 5.74) is -0.644. The molecule has 1 unspecified atom stereocenters. The number of rotatable bonds is 3. The van der Waals surface area contributed by atoms with Crippen LogP contribution in [0.1, 0.15) is 65.2 Å². The largest absolute Gasteiger partial charge is 0.342 e. The molecule has 0 radical (unpaired) electrons. The Morgan fingerprint density at radius 1 is 1.14 bits per heavy atom. The van der Waals surface area contributed by atoms with Crippen LogP contribution >= 0.6 is 0 Å². The molecule has 1 heterocycles. The number of hydrogen-bond donors (Lipinski definition) is 1. The molecular formula is C17H28N2O2. The molecule has 0 aromatic rings. The van der Waals surface area contributed by atoms with Gasteiger partial charge in [0, 0.05) is 19.0 Å². The molecule has 21 heavy (non-hydrogen) atoms. The average Bonchev–Trinajstić information content (AvgIpc) is 3.32. The highest BCUT2D eigenvalue weighted by Crippen LogP contribution is 2.42. The minimum atomic E-state index is -0.644. The van der Waals surface area contributed by atoms with E-state index in [2.05, 4.69) is 12.2 Å². The van der Waals surface area contributed by atoms with Crippen molar-refractivity contribution in [2.24, 2.45) is 11.8 Å². The van der Waals surface area contributed by atoms with Gasteiger partial charge in [0.2, 0.25) is 11.8 Å². The van der Waals surface area contributed by atoms with Crippen molar-refractivity contribution in [1.82, 2.24) is 10.2 Å². The molecule has 3 fully saturated rings. The number of carbonyl (C=O) groups is 2. The molecule has 3 aliphatic rings. The van der Waals surface area contributed by atoms with Crippen molar-refractivity contribution in [2.45, 2.75) is 76.8 Å². The van der Waals surface area contributed by atoms with Crippen molar-refractivity contribution in [2.75, 3.05) is 6.54 Å². The fraction of sp³-hybridized carbons (Fsp3) is 0.882. The van der Waals surface area contributed by atoms with Gasteiger partial charge in [-0.25, -0.2) is 0 Å². The predicted octanol–water partition coefficient (Wildman–Crippen LogP) is 2.47. The first-order valence-electron chi connectivity index (χ1n) is 8.66. The molecule has 2 aliphatic carbocycles. The second-order valence-electron chi connectivity index (χ2n) is 7.36. The van der Waals surface area contributed by atoms with Gasteiger partial charge in [0.1, 0.15) is 5.54 Å². The lowest BCUT2D eigenvalue weighted by Gasteiger charge is -2.40. The fourth-order valence-corrected chi connectivity index (χ4v) is 4.18. The van der Waals surface area contributed by atoms with E-state index in [1.54, 1.807) is 0 Å². The standard InChI is InChI=1S/C17H28N2O2/c1-3-12-4-8-14(9-5-12)19-11-10-15(20)18-17(2,16(19)21)13-6-7-13/h12-14H,3-11H2,1-2H3,(H,18,20). The zero-order valence-corrected chi connectivity index (χ0v) is 13.4. The third-order valence-electron chi connectivity index (χ3n) is 5.91. The molecule has 1 atom stereocenters. The SMILES string of the molecule is CCC1CCC(N2CCC(=O)NC(C)(C3CC3)C2=O)CC1. The van der Waals surface area contributed by atoms with Gasteiger partial charge in [-0.15, -0.1) is 0 Å². The third kappa shape index (κ3) is 2.82. The first kappa shape index (κ1) is 14.9. The lowest BCUT2D eigenvalue weighted by Crippen LogP contribution is -2.58. The summed E-state index contributed by atoms with van der Waals surface area (Å²) in [6, 6.07) is 0.353. The molecule has 2 saturated carbocycles. The molecule has 0 aromatic heterocycles. The van der Waals surface area contributed by atoms with E-state index in [4.69, 9.17) is 0 Å². The Morgan fingerprint density at radius 3 is 2.38 bits per heavy atom. The van der Waals surface area contributed by atoms with E-state index in [1.807, 2.05) is 11.8 Å². The van der Waals surface area contributed by atoms with Crippen LogP contribution in [0.25, 0.3) is 0 Å². The van der Waals surface area contributed by atoms with Crippen LogP contribution in [0.4, 0.5) is 0 Å². The number of carbonyl (C=O) groups excluding carboxylic acids is 2. The van der Waals surface area contributed by atoms with E-state index in [1.165, 1.54) is 19.3 Å². The summed E-state index contributed by atoms with van der Waals surface area (Å²) in [5, 5.41) is 3.03. The molecular weight excluding hydrogens is 264 g/mol. The van der Waals surface area contributed by atoms with Gasteiger partial charge in [0.15, 0.2) is 0 Å². The maximum absolute atomic E-state index is 13.1. The third-order valence-corrected chi connectivity index (χ3v) is 5.91. The van der Waals surface area contributed by atoms with Gasteiger partial charge >= 0.3 is 0 Å². The average molecular weight is 292 g/mol. The van der Waals surface area contributed by atoms with Crippen LogP contribution in [0.2, 0.25) is 0 Å². The van der Waals surface area contributed by atoms with Gasteiger partial charge < -0.3 is 10.2 Å². The molecule has 1 aliphatic heterocycles. The lowest BCUT2D eigenvalue weighted by atomic mass is 9.83. The quantitative estimate of drug-likeness (QED) is 0.868. The summed E-state index contributed by atoms with van der Waals surface area (Å²) in [5.74, 6) is 1.40.